The topological polar surface area (TPSA) is 125 Å². The van der Waals surface area contributed by atoms with Crippen LogP contribution in [-0.4, -0.2) is 72.9 Å². The van der Waals surface area contributed by atoms with Crippen LogP contribution in [0.2, 0.25) is 0 Å². The van der Waals surface area contributed by atoms with Gasteiger partial charge in [-0.1, -0.05) is 0 Å². The van der Waals surface area contributed by atoms with E-state index in [0.29, 0.717) is 31.1 Å². The standard InChI is InChI=1S/C19H17F3N4O6/c20-19(21,22)18(31)32-14-10(25-7-5-23-6-8-25)2-1-9-13(14)17(30)26(16(9)29)11-3-4-12(27)24-15(11)28/h1-2,11,23H,3-8H2,(H,24,27,28). The van der Waals surface area contributed by atoms with Gasteiger partial charge >= 0.3 is 12.1 Å². The second-order valence-corrected chi connectivity index (χ2v) is 7.41. The van der Waals surface area contributed by atoms with E-state index in [9.17, 15) is 37.1 Å². The van der Waals surface area contributed by atoms with Crippen molar-refractivity contribution in [3.8, 4) is 5.75 Å². The summed E-state index contributed by atoms with van der Waals surface area (Å²) in [6.45, 7) is 1.71. The third kappa shape index (κ3) is 3.68. The molecule has 0 spiro atoms. The lowest BCUT2D eigenvalue weighted by Gasteiger charge is -2.31. The molecule has 2 N–H and O–H groups in total. The van der Waals surface area contributed by atoms with Gasteiger partial charge in [0.1, 0.15) is 6.04 Å². The number of ether oxygens (including phenoxy) is 1. The average molecular weight is 454 g/mol. The van der Waals surface area contributed by atoms with Crippen molar-refractivity contribution in [3.63, 3.8) is 0 Å². The Morgan fingerprint density at radius 3 is 2.38 bits per heavy atom. The summed E-state index contributed by atoms with van der Waals surface area (Å²) in [7, 11) is 0. The number of rotatable bonds is 3. The monoisotopic (exact) mass is 454 g/mol. The summed E-state index contributed by atoms with van der Waals surface area (Å²) >= 11 is 0. The van der Waals surface area contributed by atoms with Gasteiger partial charge in [0, 0.05) is 32.6 Å². The largest absolute Gasteiger partial charge is 0.491 e. The van der Waals surface area contributed by atoms with Crippen LogP contribution in [0, 0.1) is 0 Å². The van der Waals surface area contributed by atoms with Crippen LogP contribution in [0.3, 0.4) is 0 Å². The number of anilines is 1. The summed E-state index contributed by atoms with van der Waals surface area (Å²) < 4.78 is 43.5. The molecule has 0 radical (unpaired) electrons. The van der Waals surface area contributed by atoms with Gasteiger partial charge in [0.15, 0.2) is 5.75 Å². The maximum atomic E-state index is 13.2. The first kappa shape index (κ1) is 21.7. The lowest BCUT2D eigenvalue weighted by atomic mass is 10.0. The number of imide groups is 2. The van der Waals surface area contributed by atoms with Crippen LogP contribution in [0.5, 0.6) is 5.75 Å². The Hall–Kier alpha value is -3.48. The second-order valence-electron chi connectivity index (χ2n) is 7.41. The maximum Gasteiger partial charge on any atom is 0.491 e. The zero-order valence-electron chi connectivity index (χ0n) is 16.5. The SMILES string of the molecule is O=C1CCC(N2C(=O)c3ccc(N4CCNCC4)c(OC(=O)C(F)(F)F)c3C2=O)C(=O)N1. The number of carbonyl (C=O) groups excluding carboxylic acids is 5. The highest BCUT2D eigenvalue weighted by atomic mass is 19.4. The quantitative estimate of drug-likeness (QED) is 0.371. The number of amides is 4. The number of halogens is 3. The summed E-state index contributed by atoms with van der Waals surface area (Å²) in [5.74, 6) is -6.64. The summed E-state index contributed by atoms with van der Waals surface area (Å²) in [5, 5.41) is 5.10. The van der Waals surface area contributed by atoms with Crippen LogP contribution in [0.25, 0.3) is 0 Å². The highest BCUT2D eigenvalue weighted by Crippen LogP contribution is 2.41. The van der Waals surface area contributed by atoms with Gasteiger partial charge in [-0.2, -0.15) is 13.2 Å². The highest BCUT2D eigenvalue weighted by molar-refractivity contribution is 6.25. The Morgan fingerprint density at radius 2 is 1.75 bits per heavy atom. The number of fused-ring (bicyclic) bond motifs is 1. The zero-order valence-corrected chi connectivity index (χ0v) is 16.5. The van der Waals surface area contributed by atoms with E-state index < -0.39 is 53.1 Å². The number of alkyl halides is 3. The Balaban J connectivity index is 1.78. The van der Waals surface area contributed by atoms with Crippen molar-refractivity contribution in [2.75, 3.05) is 31.1 Å². The smallest absolute Gasteiger partial charge is 0.417 e. The van der Waals surface area contributed by atoms with Gasteiger partial charge in [-0.15, -0.1) is 0 Å². The first-order valence-corrected chi connectivity index (χ1v) is 9.73. The van der Waals surface area contributed by atoms with Crippen LogP contribution in [0.1, 0.15) is 33.6 Å². The lowest BCUT2D eigenvalue weighted by molar-refractivity contribution is -0.189. The van der Waals surface area contributed by atoms with Crippen molar-refractivity contribution in [1.82, 2.24) is 15.5 Å². The molecule has 0 saturated carbocycles. The van der Waals surface area contributed by atoms with Crippen LogP contribution < -0.4 is 20.3 Å². The molecule has 10 nitrogen and oxygen atoms in total. The fourth-order valence-electron chi connectivity index (χ4n) is 3.92. The van der Waals surface area contributed by atoms with E-state index in [1.807, 2.05) is 5.32 Å². The molecule has 2 fully saturated rings. The van der Waals surface area contributed by atoms with E-state index >= 15 is 0 Å². The van der Waals surface area contributed by atoms with Gasteiger partial charge in [-0.3, -0.25) is 29.4 Å². The molecule has 0 aliphatic carbocycles. The minimum absolute atomic E-state index is 0.0501. The molecule has 0 aromatic heterocycles. The minimum atomic E-state index is -5.33. The first-order chi connectivity index (χ1) is 15.1. The fourth-order valence-corrected chi connectivity index (χ4v) is 3.92. The van der Waals surface area contributed by atoms with E-state index in [1.165, 1.54) is 12.1 Å². The number of benzene rings is 1. The molecule has 0 bridgehead atoms. The predicted molar refractivity (Wildman–Crippen MR) is 99.9 cm³/mol. The normalized spacial score (nSPS) is 21.5. The summed E-state index contributed by atoms with van der Waals surface area (Å²) in [6.07, 6.45) is -5.58. The van der Waals surface area contributed by atoms with Gasteiger partial charge in [0.25, 0.3) is 11.8 Å². The number of piperazine rings is 1. The number of nitrogens with zero attached hydrogens (tertiary/aromatic N) is 2. The van der Waals surface area contributed by atoms with Gasteiger partial charge in [-0.25, -0.2) is 4.79 Å². The summed E-state index contributed by atoms with van der Waals surface area (Å²) in [6, 6.07) is 1.25. The average Bonchev–Trinajstić information content (AvgIpc) is 2.99. The Morgan fingerprint density at radius 1 is 1.06 bits per heavy atom. The van der Waals surface area contributed by atoms with E-state index in [1.54, 1.807) is 4.90 Å². The van der Waals surface area contributed by atoms with Crippen LogP contribution >= 0.6 is 0 Å². The fraction of sp³-hybridized carbons (Fsp3) is 0.421. The van der Waals surface area contributed by atoms with Crippen molar-refractivity contribution < 1.29 is 41.9 Å². The molecule has 3 heterocycles. The van der Waals surface area contributed by atoms with Gasteiger partial charge in [0.05, 0.1) is 16.8 Å². The number of hydrogen-bond acceptors (Lipinski definition) is 8. The van der Waals surface area contributed by atoms with Crippen molar-refractivity contribution >= 4 is 35.3 Å². The van der Waals surface area contributed by atoms with Crippen molar-refractivity contribution in [3.05, 3.63) is 23.3 Å². The predicted octanol–water partition coefficient (Wildman–Crippen LogP) is -0.0349. The third-order valence-electron chi connectivity index (χ3n) is 5.42. The molecular formula is C19H17F3N4O6. The molecule has 32 heavy (non-hydrogen) atoms. The molecule has 4 amide bonds. The van der Waals surface area contributed by atoms with Gasteiger partial charge in [0.2, 0.25) is 11.8 Å². The molecule has 1 aromatic rings. The Bertz CT molecular complexity index is 1030. The lowest BCUT2D eigenvalue weighted by Crippen LogP contribution is -2.54. The third-order valence-corrected chi connectivity index (χ3v) is 5.42. The van der Waals surface area contributed by atoms with Crippen molar-refractivity contribution in [2.24, 2.45) is 0 Å². The van der Waals surface area contributed by atoms with E-state index in [4.69, 9.17) is 0 Å². The molecule has 1 unspecified atom stereocenters. The number of esters is 1. The summed E-state index contributed by atoms with van der Waals surface area (Å²) in [5.41, 5.74) is -0.758. The Kier molecular flexibility index (Phi) is 5.36. The first-order valence-electron chi connectivity index (χ1n) is 9.73. The van der Waals surface area contributed by atoms with E-state index in [2.05, 4.69) is 10.1 Å². The van der Waals surface area contributed by atoms with Crippen LogP contribution in [0.15, 0.2) is 12.1 Å². The van der Waals surface area contributed by atoms with Gasteiger partial charge < -0.3 is 15.0 Å². The molecule has 170 valence electrons. The summed E-state index contributed by atoms with van der Waals surface area (Å²) in [4.78, 5) is 63.6. The number of piperidine rings is 1. The van der Waals surface area contributed by atoms with Gasteiger partial charge in [-0.05, 0) is 18.6 Å². The molecule has 1 aromatic carbocycles. The molecule has 13 heteroatoms. The molecule has 3 aliphatic rings. The van der Waals surface area contributed by atoms with Crippen molar-refractivity contribution in [1.29, 1.82) is 0 Å². The zero-order chi connectivity index (χ0) is 23.2. The Labute approximate surface area is 178 Å². The number of carbonyl (C=O) groups is 5. The van der Waals surface area contributed by atoms with Crippen molar-refractivity contribution in [2.45, 2.75) is 25.1 Å². The highest BCUT2D eigenvalue weighted by Gasteiger charge is 2.49. The van der Waals surface area contributed by atoms with E-state index in [0.717, 1.165) is 0 Å². The van der Waals surface area contributed by atoms with Crippen LogP contribution in [0.4, 0.5) is 18.9 Å². The molecule has 1 atom stereocenters. The minimum Gasteiger partial charge on any atom is -0.417 e. The molecule has 3 aliphatic heterocycles. The van der Waals surface area contributed by atoms with Crippen LogP contribution in [-0.2, 0) is 14.4 Å². The molecule has 2 saturated heterocycles. The second kappa shape index (κ2) is 7.89. The number of hydrogen-bond donors (Lipinski definition) is 2. The van der Waals surface area contributed by atoms with E-state index in [-0.39, 0.29) is 24.1 Å². The number of nitrogens with one attached hydrogen (secondary N) is 2. The molecular weight excluding hydrogens is 437 g/mol. The maximum absolute atomic E-state index is 13.2. The molecule has 4 rings (SSSR count).